The van der Waals surface area contributed by atoms with E-state index in [0.717, 1.165) is 6.54 Å². The summed E-state index contributed by atoms with van der Waals surface area (Å²) in [4.78, 5) is 3.27. The lowest BCUT2D eigenvalue weighted by molar-refractivity contribution is 0.364. The first kappa shape index (κ1) is 11.8. The maximum absolute atomic E-state index is 3.72. The first-order valence-electron chi connectivity index (χ1n) is 6.92. The highest BCUT2D eigenvalue weighted by Gasteiger charge is 2.30. The number of aromatic nitrogens is 1. The van der Waals surface area contributed by atoms with Crippen molar-refractivity contribution in [1.29, 1.82) is 0 Å². The summed E-state index contributed by atoms with van der Waals surface area (Å²) in [5.74, 6) is 0. The van der Waals surface area contributed by atoms with E-state index < -0.39 is 0 Å². The van der Waals surface area contributed by atoms with Crippen molar-refractivity contribution < 1.29 is 0 Å². The molecule has 0 spiro atoms. The lowest BCUT2D eigenvalue weighted by Crippen LogP contribution is -2.26. The molecule has 1 saturated carbocycles. The molecule has 1 aromatic heterocycles. The number of hydrogen-bond acceptors (Lipinski definition) is 1. The van der Waals surface area contributed by atoms with Gasteiger partial charge in [0.25, 0.3) is 0 Å². The Kier molecular flexibility index (Phi) is 2.90. The molecule has 2 heteroatoms. The fourth-order valence-electron chi connectivity index (χ4n) is 3.17. The Hall–Kier alpha value is -1.28. The third kappa shape index (κ3) is 2.30. The van der Waals surface area contributed by atoms with Crippen LogP contribution in [-0.4, -0.2) is 11.0 Å². The van der Waals surface area contributed by atoms with Crippen LogP contribution in [0, 0.1) is 5.41 Å². The molecule has 1 heterocycles. The van der Waals surface area contributed by atoms with E-state index in [9.17, 15) is 0 Å². The van der Waals surface area contributed by atoms with E-state index in [1.165, 1.54) is 35.7 Å². The van der Waals surface area contributed by atoms with E-state index in [2.05, 4.69) is 48.4 Å². The Balaban J connectivity index is 1.69. The van der Waals surface area contributed by atoms with Crippen molar-refractivity contribution in [3.05, 3.63) is 36.0 Å². The number of hydrogen-bond donors (Lipinski definition) is 2. The Bertz CT molecular complexity index is 539. The first-order chi connectivity index (χ1) is 8.64. The topological polar surface area (TPSA) is 27.8 Å². The van der Waals surface area contributed by atoms with Crippen molar-refractivity contribution in [1.82, 2.24) is 10.3 Å². The smallest absolute Gasteiger partial charge is 0.0457 e. The van der Waals surface area contributed by atoms with Gasteiger partial charge in [0.1, 0.15) is 0 Å². The first-order valence-corrected chi connectivity index (χ1v) is 6.92. The van der Waals surface area contributed by atoms with Crippen molar-refractivity contribution in [3.8, 4) is 0 Å². The second kappa shape index (κ2) is 4.43. The van der Waals surface area contributed by atoms with Gasteiger partial charge in [-0.15, -0.1) is 0 Å². The molecule has 2 N–H and O–H groups in total. The van der Waals surface area contributed by atoms with Gasteiger partial charge in [0.05, 0.1) is 0 Å². The van der Waals surface area contributed by atoms with Crippen molar-refractivity contribution in [2.75, 3.05) is 0 Å². The molecule has 0 saturated heterocycles. The average molecular weight is 242 g/mol. The summed E-state index contributed by atoms with van der Waals surface area (Å²) in [6.07, 6.45) is 5.98. The van der Waals surface area contributed by atoms with Crippen LogP contribution in [0.3, 0.4) is 0 Å². The fraction of sp³-hybridized carbons (Fsp3) is 0.500. The third-order valence-corrected chi connectivity index (χ3v) is 4.24. The highest BCUT2D eigenvalue weighted by atomic mass is 14.9. The number of benzene rings is 1. The van der Waals surface area contributed by atoms with E-state index in [0.29, 0.717) is 11.5 Å². The number of fused-ring (bicyclic) bond motifs is 1. The van der Waals surface area contributed by atoms with Crippen molar-refractivity contribution in [2.45, 2.75) is 45.7 Å². The summed E-state index contributed by atoms with van der Waals surface area (Å²) in [7, 11) is 0. The second-order valence-corrected chi connectivity index (χ2v) is 6.34. The SMILES string of the molecule is CC1(C)CCC(NCc2cccc3[nH]ccc23)C1. The van der Waals surface area contributed by atoms with Crippen molar-refractivity contribution >= 4 is 10.9 Å². The molecule has 96 valence electrons. The molecule has 3 rings (SSSR count). The van der Waals surface area contributed by atoms with Crippen LogP contribution in [0.1, 0.15) is 38.7 Å². The predicted molar refractivity (Wildman–Crippen MR) is 76.6 cm³/mol. The van der Waals surface area contributed by atoms with E-state index in [1.807, 2.05) is 6.20 Å². The molecule has 2 nitrogen and oxygen atoms in total. The van der Waals surface area contributed by atoms with Crippen LogP contribution in [-0.2, 0) is 6.54 Å². The highest BCUT2D eigenvalue weighted by Crippen LogP contribution is 2.37. The van der Waals surface area contributed by atoms with Gasteiger partial charge in [-0.25, -0.2) is 0 Å². The van der Waals surface area contributed by atoms with E-state index in [1.54, 1.807) is 0 Å². The van der Waals surface area contributed by atoms with Gasteiger partial charge in [0.15, 0.2) is 0 Å². The standard InChI is InChI=1S/C16H22N2/c1-16(2)8-6-13(10-16)18-11-12-4-3-5-15-14(12)7-9-17-15/h3-5,7,9,13,17-18H,6,8,10-11H2,1-2H3. The molecule has 1 atom stereocenters. The normalized spacial score (nSPS) is 22.7. The molecule has 0 aliphatic heterocycles. The molecule has 0 radical (unpaired) electrons. The van der Waals surface area contributed by atoms with Crippen LogP contribution in [0.2, 0.25) is 0 Å². The molecule has 1 fully saturated rings. The summed E-state index contributed by atoms with van der Waals surface area (Å²) in [5, 5.41) is 5.07. The largest absolute Gasteiger partial charge is 0.361 e. The zero-order valence-corrected chi connectivity index (χ0v) is 11.3. The molecule has 0 bridgehead atoms. The fourth-order valence-corrected chi connectivity index (χ4v) is 3.17. The van der Waals surface area contributed by atoms with E-state index >= 15 is 0 Å². The molecule has 0 amide bonds. The molecule has 1 aliphatic carbocycles. The zero-order chi connectivity index (χ0) is 12.6. The number of nitrogens with one attached hydrogen (secondary N) is 2. The lowest BCUT2D eigenvalue weighted by Gasteiger charge is -2.18. The van der Waals surface area contributed by atoms with Gasteiger partial charge in [-0.1, -0.05) is 26.0 Å². The Morgan fingerprint density at radius 1 is 1.33 bits per heavy atom. The monoisotopic (exact) mass is 242 g/mol. The lowest BCUT2D eigenvalue weighted by atomic mass is 9.92. The summed E-state index contributed by atoms with van der Waals surface area (Å²) in [6.45, 7) is 5.74. The summed E-state index contributed by atoms with van der Waals surface area (Å²) in [6, 6.07) is 9.36. The summed E-state index contributed by atoms with van der Waals surface area (Å²) in [5.41, 5.74) is 3.16. The van der Waals surface area contributed by atoms with Gasteiger partial charge < -0.3 is 10.3 Å². The minimum Gasteiger partial charge on any atom is -0.361 e. The molecule has 1 aromatic carbocycles. The van der Waals surface area contributed by atoms with Gasteiger partial charge in [-0.3, -0.25) is 0 Å². The summed E-state index contributed by atoms with van der Waals surface area (Å²) < 4.78 is 0. The number of rotatable bonds is 3. The molecule has 2 aromatic rings. The van der Waals surface area contributed by atoms with Crippen LogP contribution in [0.4, 0.5) is 0 Å². The van der Waals surface area contributed by atoms with Crippen LogP contribution >= 0.6 is 0 Å². The van der Waals surface area contributed by atoms with Crippen LogP contribution < -0.4 is 5.32 Å². The van der Waals surface area contributed by atoms with E-state index in [4.69, 9.17) is 0 Å². The number of aromatic amines is 1. The van der Waals surface area contributed by atoms with Crippen LogP contribution in [0.15, 0.2) is 30.5 Å². The van der Waals surface area contributed by atoms with Gasteiger partial charge in [0, 0.05) is 29.7 Å². The maximum atomic E-state index is 3.72. The molecule has 1 unspecified atom stereocenters. The summed E-state index contributed by atoms with van der Waals surface area (Å²) >= 11 is 0. The quantitative estimate of drug-likeness (QED) is 0.841. The van der Waals surface area contributed by atoms with Crippen LogP contribution in [0.25, 0.3) is 10.9 Å². The Labute approximate surface area is 109 Å². The minimum atomic E-state index is 0.526. The molecular weight excluding hydrogens is 220 g/mol. The minimum absolute atomic E-state index is 0.526. The van der Waals surface area contributed by atoms with E-state index in [-0.39, 0.29) is 0 Å². The zero-order valence-electron chi connectivity index (χ0n) is 11.3. The van der Waals surface area contributed by atoms with Crippen LogP contribution in [0.5, 0.6) is 0 Å². The highest BCUT2D eigenvalue weighted by molar-refractivity contribution is 5.82. The molecular formula is C16H22N2. The van der Waals surface area contributed by atoms with Gasteiger partial charge in [-0.05, 0) is 42.4 Å². The van der Waals surface area contributed by atoms with Crippen molar-refractivity contribution in [2.24, 2.45) is 5.41 Å². The van der Waals surface area contributed by atoms with Gasteiger partial charge in [-0.2, -0.15) is 0 Å². The molecule has 1 aliphatic rings. The third-order valence-electron chi connectivity index (χ3n) is 4.24. The average Bonchev–Trinajstić information content (AvgIpc) is 2.92. The predicted octanol–water partition coefficient (Wildman–Crippen LogP) is 3.84. The van der Waals surface area contributed by atoms with Gasteiger partial charge in [0.2, 0.25) is 0 Å². The molecule has 18 heavy (non-hydrogen) atoms. The van der Waals surface area contributed by atoms with Crippen molar-refractivity contribution in [3.63, 3.8) is 0 Å². The Morgan fingerprint density at radius 2 is 2.22 bits per heavy atom. The Morgan fingerprint density at radius 3 is 3.00 bits per heavy atom. The maximum Gasteiger partial charge on any atom is 0.0457 e. The second-order valence-electron chi connectivity index (χ2n) is 6.34. The van der Waals surface area contributed by atoms with Gasteiger partial charge >= 0.3 is 0 Å². The number of H-pyrrole nitrogens is 1.